The van der Waals surface area contributed by atoms with Gasteiger partial charge < -0.3 is 15.3 Å². The first-order valence-corrected chi connectivity index (χ1v) is 6.14. The van der Waals surface area contributed by atoms with Gasteiger partial charge >= 0.3 is 6.09 Å². The second-order valence-electron chi connectivity index (χ2n) is 5.17. The topological polar surface area (TPSA) is 70.9 Å². The van der Waals surface area contributed by atoms with E-state index in [1.54, 1.807) is 0 Å². The summed E-state index contributed by atoms with van der Waals surface area (Å²) in [5, 5.41) is 14.1. The smallest absolute Gasteiger partial charge is 0.407 e. The molecule has 104 valence electrons. The molecule has 0 heterocycles. The zero-order valence-corrected chi connectivity index (χ0v) is 11.5. The third-order valence-corrected chi connectivity index (χ3v) is 2.24. The Morgan fingerprint density at radius 1 is 1.47 bits per heavy atom. The van der Waals surface area contributed by atoms with E-state index >= 15 is 0 Å². The van der Waals surface area contributed by atoms with E-state index < -0.39 is 11.7 Å². The highest BCUT2D eigenvalue weighted by Crippen LogP contribution is 2.07. The maximum absolute atomic E-state index is 11.4. The van der Waals surface area contributed by atoms with E-state index in [4.69, 9.17) is 9.94 Å². The molecule has 1 amide bonds. The molecule has 0 aromatic heterocycles. The van der Waals surface area contributed by atoms with Gasteiger partial charge in [0.1, 0.15) is 5.60 Å². The van der Waals surface area contributed by atoms with Gasteiger partial charge in [0.05, 0.1) is 6.21 Å². The first-order chi connectivity index (χ1) is 8.90. The molecule has 0 saturated carbocycles. The van der Waals surface area contributed by atoms with Crippen molar-refractivity contribution in [2.45, 2.75) is 32.8 Å². The quantitative estimate of drug-likeness (QED) is 0.499. The number of hydrogen-bond acceptors (Lipinski definition) is 4. The molecule has 0 bridgehead atoms. The molecule has 0 aliphatic heterocycles. The van der Waals surface area contributed by atoms with Gasteiger partial charge in [-0.15, -0.1) is 0 Å². The van der Waals surface area contributed by atoms with Crippen molar-refractivity contribution in [2.24, 2.45) is 5.16 Å². The van der Waals surface area contributed by atoms with E-state index in [1.807, 2.05) is 45.0 Å². The van der Waals surface area contributed by atoms with Crippen LogP contribution in [0.15, 0.2) is 29.4 Å². The first kappa shape index (κ1) is 15.0. The minimum atomic E-state index is -0.485. The first-order valence-electron chi connectivity index (χ1n) is 6.14. The maximum atomic E-state index is 11.4. The molecule has 5 heteroatoms. The standard InChI is InChI=1S/C14H20N2O3/c1-14(2,3)19-13(17)15-8-7-11-5-4-6-12(9-11)10-16-18/h4-6,9-10,18H,7-8H2,1-3H3,(H,15,17). The molecule has 0 atom stereocenters. The number of amides is 1. The van der Waals surface area contributed by atoms with Crippen LogP contribution < -0.4 is 5.32 Å². The average molecular weight is 264 g/mol. The largest absolute Gasteiger partial charge is 0.444 e. The van der Waals surface area contributed by atoms with Crippen LogP contribution in [0.2, 0.25) is 0 Å². The minimum absolute atomic E-state index is 0.416. The van der Waals surface area contributed by atoms with E-state index in [9.17, 15) is 4.79 Å². The lowest BCUT2D eigenvalue weighted by Gasteiger charge is -2.19. The lowest BCUT2D eigenvalue weighted by atomic mass is 10.1. The fourth-order valence-corrected chi connectivity index (χ4v) is 1.52. The van der Waals surface area contributed by atoms with Gasteiger partial charge in [-0.3, -0.25) is 0 Å². The van der Waals surface area contributed by atoms with Crippen molar-refractivity contribution in [1.82, 2.24) is 5.32 Å². The van der Waals surface area contributed by atoms with Gasteiger partial charge in [0.15, 0.2) is 0 Å². The van der Waals surface area contributed by atoms with Crippen LogP contribution in [0.5, 0.6) is 0 Å². The second-order valence-corrected chi connectivity index (χ2v) is 5.17. The van der Waals surface area contributed by atoms with Gasteiger partial charge in [-0.25, -0.2) is 4.79 Å². The number of benzene rings is 1. The number of oxime groups is 1. The summed E-state index contributed by atoms with van der Waals surface area (Å²) >= 11 is 0. The summed E-state index contributed by atoms with van der Waals surface area (Å²) in [7, 11) is 0. The Kier molecular flexibility index (Phi) is 5.36. The SMILES string of the molecule is CC(C)(C)OC(=O)NCCc1cccc(C=NO)c1. The number of carbonyl (C=O) groups is 1. The van der Waals surface area contributed by atoms with Crippen LogP contribution in [0.3, 0.4) is 0 Å². The van der Waals surface area contributed by atoms with Crippen LogP contribution in [-0.4, -0.2) is 29.7 Å². The molecular weight excluding hydrogens is 244 g/mol. The molecule has 0 saturated heterocycles. The summed E-state index contributed by atoms with van der Waals surface area (Å²) in [5.41, 5.74) is 1.38. The van der Waals surface area contributed by atoms with Crippen molar-refractivity contribution >= 4 is 12.3 Å². The van der Waals surface area contributed by atoms with Crippen molar-refractivity contribution < 1.29 is 14.7 Å². The molecule has 1 aromatic carbocycles. The minimum Gasteiger partial charge on any atom is -0.444 e. The Morgan fingerprint density at radius 2 is 2.21 bits per heavy atom. The third-order valence-electron chi connectivity index (χ3n) is 2.24. The number of alkyl carbamates (subject to hydrolysis) is 1. The lowest BCUT2D eigenvalue weighted by molar-refractivity contribution is 0.0528. The van der Waals surface area contributed by atoms with Crippen molar-refractivity contribution in [1.29, 1.82) is 0 Å². The Labute approximate surface area is 113 Å². The Bertz CT molecular complexity index is 450. The number of nitrogens with one attached hydrogen (secondary N) is 1. The highest BCUT2D eigenvalue weighted by molar-refractivity contribution is 5.79. The number of hydrogen-bond donors (Lipinski definition) is 2. The van der Waals surface area contributed by atoms with Crippen molar-refractivity contribution in [2.75, 3.05) is 6.54 Å². The summed E-state index contributed by atoms with van der Waals surface area (Å²) in [4.78, 5) is 11.4. The molecule has 0 radical (unpaired) electrons. The van der Waals surface area contributed by atoms with Crippen LogP contribution in [0.4, 0.5) is 4.79 Å². The average Bonchev–Trinajstić information content (AvgIpc) is 2.27. The molecule has 2 N–H and O–H groups in total. The van der Waals surface area contributed by atoms with Crippen molar-refractivity contribution in [3.05, 3.63) is 35.4 Å². The fraction of sp³-hybridized carbons (Fsp3) is 0.429. The van der Waals surface area contributed by atoms with E-state index in [1.165, 1.54) is 6.21 Å². The van der Waals surface area contributed by atoms with Crippen LogP contribution >= 0.6 is 0 Å². The third kappa shape index (κ3) is 6.45. The number of rotatable bonds is 4. The summed E-state index contributed by atoms with van der Waals surface area (Å²) in [5.74, 6) is 0. The summed E-state index contributed by atoms with van der Waals surface area (Å²) < 4.78 is 5.13. The maximum Gasteiger partial charge on any atom is 0.407 e. The van der Waals surface area contributed by atoms with Gasteiger partial charge in [0, 0.05) is 6.54 Å². The van der Waals surface area contributed by atoms with E-state index in [2.05, 4.69) is 10.5 Å². The number of carbonyl (C=O) groups excluding carboxylic acids is 1. The summed E-state index contributed by atoms with van der Waals surface area (Å²) in [6.07, 6.45) is 1.64. The zero-order valence-electron chi connectivity index (χ0n) is 11.5. The van der Waals surface area contributed by atoms with Crippen molar-refractivity contribution in [3.63, 3.8) is 0 Å². The Balaban J connectivity index is 2.41. The van der Waals surface area contributed by atoms with E-state index in [0.29, 0.717) is 13.0 Å². The fourth-order valence-electron chi connectivity index (χ4n) is 1.52. The van der Waals surface area contributed by atoms with Gasteiger partial charge in [-0.2, -0.15) is 0 Å². The normalized spacial score (nSPS) is 11.5. The second kappa shape index (κ2) is 6.78. The predicted octanol–water partition coefficient (Wildman–Crippen LogP) is 2.56. The molecule has 0 aliphatic rings. The van der Waals surface area contributed by atoms with Crippen LogP contribution in [0.1, 0.15) is 31.9 Å². The highest BCUT2D eigenvalue weighted by atomic mass is 16.6. The van der Waals surface area contributed by atoms with Gasteiger partial charge in [0.25, 0.3) is 0 Å². The molecule has 1 aromatic rings. The molecule has 1 rings (SSSR count). The molecule has 19 heavy (non-hydrogen) atoms. The predicted molar refractivity (Wildman–Crippen MR) is 73.8 cm³/mol. The monoisotopic (exact) mass is 264 g/mol. The number of nitrogens with zero attached hydrogens (tertiary/aromatic N) is 1. The van der Waals surface area contributed by atoms with E-state index in [-0.39, 0.29) is 0 Å². The molecule has 0 spiro atoms. The van der Waals surface area contributed by atoms with Crippen LogP contribution in [0, 0.1) is 0 Å². The molecular formula is C14H20N2O3. The number of ether oxygens (including phenoxy) is 1. The van der Waals surface area contributed by atoms with Crippen molar-refractivity contribution in [3.8, 4) is 0 Å². The van der Waals surface area contributed by atoms with E-state index in [0.717, 1.165) is 11.1 Å². The molecule has 0 unspecified atom stereocenters. The van der Waals surface area contributed by atoms with Crippen LogP contribution in [-0.2, 0) is 11.2 Å². The van der Waals surface area contributed by atoms with Crippen LogP contribution in [0.25, 0.3) is 0 Å². The Hall–Kier alpha value is -2.04. The summed E-state index contributed by atoms with van der Waals surface area (Å²) in [6.45, 7) is 5.97. The Morgan fingerprint density at radius 3 is 2.84 bits per heavy atom. The molecule has 5 nitrogen and oxygen atoms in total. The van der Waals surface area contributed by atoms with Gasteiger partial charge in [0.2, 0.25) is 0 Å². The van der Waals surface area contributed by atoms with Gasteiger partial charge in [-0.1, -0.05) is 29.4 Å². The highest BCUT2D eigenvalue weighted by Gasteiger charge is 2.15. The molecule has 0 aliphatic carbocycles. The zero-order chi connectivity index (χ0) is 14.3. The summed E-state index contributed by atoms with van der Waals surface area (Å²) in [6, 6.07) is 7.56. The molecule has 0 fully saturated rings. The van der Waals surface area contributed by atoms with Gasteiger partial charge in [-0.05, 0) is 38.3 Å². The lowest BCUT2D eigenvalue weighted by Crippen LogP contribution is -2.33.